The molecule has 0 spiro atoms. The SMILES string of the molecule is CCNC(=NCCN1CCCS1(=O)=O)N1CCC(c2cnn(C)c2)C1. The van der Waals surface area contributed by atoms with Gasteiger partial charge < -0.3 is 10.2 Å². The molecule has 2 fully saturated rings. The van der Waals surface area contributed by atoms with E-state index >= 15 is 0 Å². The lowest BCUT2D eigenvalue weighted by atomic mass is 10.0. The van der Waals surface area contributed by atoms with Crippen molar-refractivity contribution in [2.75, 3.05) is 45.0 Å². The molecule has 1 aromatic rings. The quantitative estimate of drug-likeness (QED) is 0.593. The zero-order chi connectivity index (χ0) is 17.9. The minimum Gasteiger partial charge on any atom is -0.357 e. The molecule has 25 heavy (non-hydrogen) atoms. The van der Waals surface area contributed by atoms with Crippen LogP contribution in [0.2, 0.25) is 0 Å². The lowest BCUT2D eigenvalue weighted by Crippen LogP contribution is -2.40. The van der Waals surface area contributed by atoms with Gasteiger partial charge in [0.15, 0.2) is 5.96 Å². The van der Waals surface area contributed by atoms with E-state index in [0.29, 0.717) is 25.6 Å². The van der Waals surface area contributed by atoms with Crippen LogP contribution in [0.15, 0.2) is 17.4 Å². The standard InChI is InChI=1S/C16H28N6O2S/c1-3-17-16(18-6-9-22-7-4-10-25(22,23)24)21-8-5-14(13-21)15-11-19-20(2)12-15/h11-12,14H,3-10,13H2,1-2H3,(H,17,18). The van der Waals surface area contributed by atoms with Gasteiger partial charge in [-0.2, -0.15) is 5.10 Å². The summed E-state index contributed by atoms with van der Waals surface area (Å²) >= 11 is 0. The highest BCUT2D eigenvalue weighted by molar-refractivity contribution is 7.89. The first-order chi connectivity index (χ1) is 12.0. The molecule has 8 nitrogen and oxygen atoms in total. The first-order valence-corrected chi connectivity index (χ1v) is 10.6. The van der Waals surface area contributed by atoms with Gasteiger partial charge in [0.05, 0.1) is 18.5 Å². The third kappa shape index (κ3) is 4.33. The zero-order valence-corrected chi connectivity index (χ0v) is 15.9. The Labute approximate surface area is 149 Å². The van der Waals surface area contributed by atoms with Gasteiger partial charge in [-0.1, -0.05) is 0 Å². The molecule has 3 heterocycles. The highest BCUT2D eigenvalue weighted by atomic mass is 32.2. The van der Waals surface area contributed by atoms with Crippen molar-refractivity contribution >= 4 is 16.0 Å². The maximum Gasteiger partial charge on any atom is 0.214 e. The molecular formula is C16H28N6O2S. The number of guanidine groups is 1. The van der Waals surface area contributed by atoms with E-state index in [0.717, 1.165) is 38.4 Å². The van der Waals surface area contributed by atoms with Crippen LogP contribution in [0.5, 0.6) is 0 Å². The van der Waals surface area contributed by atoms with E-state index in [4.69, 9.17) is 0 Å². The van der Waals surface area contributed by atoms with Gasteiger partial charge in [-0.25, -0.2) is 12.7 Å². The number of rotatable bonds is 5. The summed E-state index contributed by atoms with van der Waals surface area (Å²) in [7, 11) is -1.10. The fraction of sp³-hybridized carbons (Fsp3) is 0.750. The Balaban J connectivity index is 1.59. The Morgan fingerprint density at radius 1 is 1.44 bits per heavy atom. The number of hydrogen-bond acceptors (Lipinski definition) is 4. The Bertz CT molecular complexity index is 714. The monoisotopic (exact) mass is 368 g/mol. The number of aryl methyl sites for hydroxylation is 1. The summed E-state index contributed by atoms with van der Waals surface area (Å²) in [6, 6.07) is 0. The summed E-state index contributed by atoms with van der Waals surface area (Å²) in [5.74, 6) is 1.62. The molecule has 1 N–H and O–H groups in total. The van der Waals surface area contributed by atoms with Crippen molar-refractivity contribution in [1.82, 2.24) is 24.3 Å². The summed E-state index contributed by atoms with van der Waals surface area (Å²) < 4.78 is 27.1. The van der Waals surface area contributed by atoms with E-state index in [1.54, 1.807) is 4.31 Å². The van der Waals surface area contributed by atoms with Crippen molar-refractivity contribution in [2.24, 2.45) is 12.0 Å². The van der Waals surface area contributed by atoms with Crippen LogP contribution in [0.25, 0.3) is 0 Å². The molecule has 0 aromatic carbocycles. The van der Waals surface area contributed by atoms with Crippen molar-refractivity contribution in [3.05, 3.63) is 18.0 Å². The number of sulfonamides is 1. The number of nitrogens with zero attached hydrogens (tertiary/aromatic N) is 5. The number of aliphatic imine (C=N–C) groups is 1. The second-order valence-corrected chi connectivity index (χ2v) is 8.77. The van der Waals surface area contributed by atoms with Gasteiger partial charge in [-0.05, 0) is 25.3 Å². The number of nitrogens with one attached hydrogen (secondary N) is 1. The van der Waals surface area contributed by atoms with Crippen LogP contribution < -0.4 is 5.32 Å². The van der Waals surface area contributed by atoms with Crippen molar-refractivity contribution in [1.29, 1.82) is 0 Å². The van der Waals surface area contributed by atoms with Gasteiger partial charge >= 0.3 is 0 Å². The normalized spacial score (nSPS) is 24.2. The first kappa shape index (κ1) is 18.2. The van der Waals surface area contributed by atoms with Crippen molar-refractivity contribution in [3.63, 3.8) is 0 Å². The molecule has 0 amide bonds. The second kappa shape index (κ2) is 7.74. The van der Waals surface area contributed by atoms with Crippen LogP contribution in [-0.4, -0.2) is 78.4 Å². The average Bonchev–Trinajstić information content (AvgIpc) is 3.27. The topological polar surface area (TPSA) is 82.8 Å². The van der Waals surface area contributed by atoms with Crippen molar-refractivity contribution in [2.45, 2.75) is 25.7 Å². The predicted octanol–water partition coefficient (Wildman–Crippen LogP) is 0.210. The van der Waals surface area contributed by atoms with Gasteiger partial charge in [-0.15, -0.1) is 0 Å². The van der Waals surface area contributed by atoms with Crippen molar-refractivity contribution in [3.8, 4) is 0 Å². The number of likely N-dealkylation sites (tertiary alicyclic amines) is 1. The highest BCUT2D eigenvalue weighted by Gasteiger charge is 2.29. The third-order valence-corrected chi connectivity index (χ3v) is 6.79. The van der Waals surface area contributed by atoms with E-state index < -0.39 is 10.0 Å². The van der Waals surface area contributed by atoms with Crippen LogP contribution in [0.3, 0.4) is 0 Å². The molecule has 3 rings (SSSR count). The lowest BCUT2D eigenvalue weighted by molar-refractivity contribution is 0.446. The summed E-state index contributed by atoms with van der Waals surface area (Å²) in [5, 5.41) is 7.60. The number of hydrogen-bond donors (Lipinski definition) is 1. The molecule has 1 aromatic heterocycles. The van der Waals surface area contributed by atoms with Crippen LogP contribution >= 0.6 is 0 Å². The van der Waals surface area contributed by atoms with Crippen molar-refractivity contribution < 1.29 is 8.42 Å². The second-order valence-electron chi connectivity index (χ2n) is 6.68. The third-order valence-electron chi connectivity index (χ3n) is 4.83. The Morgan fingerprint density at radius 2 is 2.28 bits per heavy atom. The maximum atomic E-state index is 11.9. The first-order valence-electron chi connectivity index (χ1n) is 8.99. The van der Waals surface area contributed by atoms with E-state index in [1.807, 2.05) is 17.9 Å². The van der Waals surface area contributed by atoms with Gasteiger partial charge in [0, 0.05) is 51.9 Å². The molecule has 0 bridgehead atoms. The number of aromatic nitrogens is 2. The molecule has 0 aliphatic carbocycles. The Morgan fingerprint density at radius 3 is 2.92 bits per heavy atom. The predicted molar refractivity (Wildman–Crippen MR) is 98.1 cm³/mol. The molecule has 0 saturated carbocycles. The molecular weight excluding hydrogens is 340 g/mol. The highest BCUT2D eigenvalue weighted by Crippen LogP contribution is 2.26. The van der Waals surface area contributed by atoms with Crippen LogP contribution in [-0.2, 0) is 17.1 Å². The fourth-order valence-electron chi connectivity index (χ4n) is 3.51. The largest absolute Gasteiger partial charge is 0.357 e. The van der Waals surface area contributed by atoms with Gasteiger partial charge in [0.2, 0.25) is 10.0 Å². The molecule has 9 heteroatoms. The van der Waals surface area contributed by atoms with E-state index in [9.17, 15) is 8.42 Å². The van der Waals surface area contributed by atoms with Gasteiger partial charge in [0.1, 0.15) is 0 Å². The molecule has 0 radical (unpaired) electrons. The fourth-order valence-corrected chi connectivity index (χ4v) is 5.03. The van der Waals surface area contributed by atoms with Gasteiger partial charge in [0.25, 0.3) is 0 Å². The molecule has 1 unspecified atom stereocenters. The minimum atomic E-state index is -3.04. The van der Waals surface area contributed by atoms with Crippen LogP contribution in [0.1, 0.15) is 31.2 Å². The smallest absolute Gasteiger partial charge is 0.214 e. The van der Waals surface area contributed by atoms with E-state index in [2.05, 4.69) is 33.4 Å². The molecule has 1 atom stereocenters. The summed E-state index contributed by atoms with van der Waals surface area (Å²) in [5.41, 5.74) is 1.27. The zero-order valence-electron chi connectivity index (χ0n) is 15.1. The molecule has 2 aliphatic rings. The Kier molecular flexibility index (Phi) is 5.63. The summed E-state index contributed by atoms with van der Waals surface area (Å²) in [6.45, 7) is 6.31. The summed E-state index contributed by atoms with van der Waals surface area (Å²) in [6.07, 6.45) is 5.83. The Hall–Kier alpha value is -1.61. The average molecular weight is 369 g/mol. The summed E-state index contributed by atoms with van der Waals surface area (Å²) in [4.78, 5) is 6.93. The molecule has 2 saturated heterocycles. The van der Waals surface area contributed by atoms with Gasteiger partial charge in [-0.3, -0.25) is 9.67 Å². The minimum absolute atomic E-state index is 0.274. The molecule has 2 aliphatic heterocycles. The lowest BCUT2D eigenvalue weighted by Gasteiger charge is -2.22. The van der Waals surface area contributed by atoms with E-state index in [-0.39, 0.29) is 5.75 Å². The molecule has 140 valence electrons. The maximum absolute atomic E-state index is 11.9. The van der Waals surface area contributed by atoms with E-state index in [1.165, 1.54) is 5.56 Å². The van der Waals surface area contributed by atoms with Crippen LogP contribution in [0.4, 0.5) is 0 Å². The van der Waals surface area contributed by atoms with Crippen LogP contribution in [0, 0.1) is 0 Å².